The Kier molecular flexibility index (Phi) is 5.93. The molecule has 0 saturated carbocycles. The lowest BCUT2D eigenvalue weighted by molar-refractivity contribution is -0.122. The van der Waals surface area contributed by atoms with E-state index in [2.05, 4.69) is 27.6 Å². The third kappa shape index (κ3) is 4.71. The van der Waals surface area contributed by atoms with Crippen molar-refractivity contribution in [2.75, 3.05) is 0 Å². The molecule has 7 nitrogen and oxygen atoms in total. The van der Waals surface area contributed by atoms with Crippen LogP contribution in [0.15, 0.2) is 71.5 Å². The van der Waals surface area contributed by atoms with Crippen molar-refractivity contribution >= 4 is 11.4 Å². The van der Waals surface area contributed by atoms with Gasteiger partial charge in [0.15, 0.2) is 0 Å². The highest BCUT2D eigenvalue weighted by Gasteiger charge is 2.15. The second kappa shape index (κ2) is 8.95. The summed E-state index contributed by atoms with van der Waals surface area (Å²) in [6.45, 7) is 3.61. The van der Waals surface area contributed by atoms with Crippen molar-refractivity contribution in [3.8, 4) is 11.3 Å². The quantitative estimate of drug-likeness (QED) is 0.503. The standard InChI is InChI=1S/C24H25N5O2/c1-17(13-14-19-9-5-3-6-10-19)25-23(30)16-28-24(31)22-15-21(20-11-7-4-8-12-20)27-29(22)18(2)26-28/h3-12,15,17H,13-14,16H2,1-2H3,(H,25,30)/t17-/m0/s1. The molecule has 31 heavy (non-hydrogen) atoms. The normalized spacial score (nSPS) is 12.1. The lowest BCUT2D eigenvalue weighted by atomic mass is 10.1. The molecule has 0 radical (unpaired) electrons. The van der Waals surface area contributed by atoms with Gasteiger partial charge in [0, 0.05) is 11.6 Å². The summed E-state index contributed by atoms with van der Waals surface area (Å²) < 4.78 is 2.74. The zero-order valence-corrected chi connectivity index (χ0v) is 17.7. The maximum absolute atomic E-state index is 12.9. The molecule has 1 amide bonds. The number of hydrogen-bond donors (Lipinski definition) is 1. The number of hydrogen-bond acceptors (Lipinski definition) is 4. The summed E-state index contributed by atoms with van der Waals surface area (Å²) in [5, 5.41) is 11.8. The first-order chi connectivity index (χ1) is 15.0. The van der Waals surface area contributed by atoms with E-state index in [1.807, 2.05) is 55.5 Å². The van der Waals surface area contributed by atoms with Crippen molar-refractivity contribution in [3.05, 3.63) is 88.5 Å². The predicted molar refractivity (Wildman–Crippen MR) is 120 cm³/mol. The molecule has 0 aliphatic rings. The molecule has 0 aliphatic heterocycles. The number of carbonyl (C=O) groups is 1. The first-order valence-electron chi connectivity index (χ1n) is 10.4. The average molecular weight is 415 g/mol. The summed E-state index contributed by atoms with van der Waals surface area (Å²) in [7, 11) is 0. The van der Waals surface area contributed by atoms with E-state index in [4.69, 9.17) is 0 Å². The van der Waals surface area contributed by atoms with Crippen LogP contribution in [0.1, 0.15) is 24.7 Å². The minimum absolute atomic E-state index is 0.00659. The Hall–Kier alpha value is -3.74. The molecular formula is C24H25N5O2. The molecule has 4 rings (SSSR count). The van der Waals surface area contributed by atoms with Gasteiger partial charge in [-0.1, -0.05) is 60.7 Å². The van der Waals surface area contributed by atoms with E-state index in [-0.39, 0.29) is 24.1 Å². The number of aryl methyl sites for hydroxylation is 2. The number of amides is 1. The maximum atomic E-state index is 12.9. The fraction of sp³-hybridized carbons (Fsp3) is 0.250. The molecule has 0 unspecified atom stereocenters. The summed E-state index contributed by atoms with van der Waals surface area (Å²) in [6, 6.07) is 21.5. The third-order valence-electron chi connectivity index (χ3n) is 5.21. The smallest absolute Gasteiger partial charge is 0.293 e. The van der Waals surface area contributed by atoms with E-state index < -0.39 is 0 Å². The van der Waals surface area contributed by atoms with E-state index in [0.717, 1.165) is 18.4 Å². The lowest BCUT2D eigenvalue weighted by Gasteiger charge is -2.14. The van der Waals surface area contributed by atoms with Crippen molar-refractivity contribution in [2.45, 2.75) is 39.3 Å². The number of rotatable bonds is 7. The van der Waals surface area contributed by atoms with Gasteiger partial charge in [-0.2, -0.15) is 10.2 Å². The highest BCUT2D eigenvalue weighted by molar-refractivity contribution is 5.76. The number of aromatic nitrogens is 4. The van der Waals surface area contributed by atoms with Gasteiger partial charge in [0.05, 0.1) is 5.69 Å². The Morgan fingerprint density at radius 3 is 2.42 bits per heavy atom. The Bertz CT molecular complexity index is 1250. The molecule has 0 aliphatic carbocycles. The molecule has 1 atom stereocenters. The van der Waals surface area contributed by atoms with Gasteiger partial charge in [-0.25, -0.2) is 9.20 Å². The maximum Gasteiger partial charge on any atom is 0.293 e. The monoisotopic (exact) mass is 415 g/mol. The highest BCUT2D eigenvalue weighted by atomic mass is 16.2. The molecule has 2 aromatic carbocycles. The van der Waals surface area contributed by atoms with E-state index >= 15 is 0 Å². The predicted octanol–water partition coefficient (Wildman–Crippen LogP) is 3.00. The SMILES string of the molecule is Cc1nn(CC(=O)N[C@@H](C)CCc2ccccc2)c(=O)c2cc(-c3ccccc3)nn12. The Morgan fingerprint density at radius 2 is 1.71 bits per heavy atom. The van der Waals surface area contributed by atoms with Gasteiger partial charge in [0.25, 0.3) is 5.56 Å². The third-order valence-corrected chi connectivity index (χ3v) is 5.21. The van der Waals surface area contributed by atoms with Gasteiger partial charge in [-0.15, -0.1) is 0 Å². The van der Waals surface area contributed by atoms with Crippen LogP contribution in [-0.2, 0) is 17.8 Å². The fourth-order valence-electron chi connectivity index (χ4n) is 3.59. The minimum atomic E-state index is -0.340. The zero-order valence-electron chi connectivity index (χ0n) is 17.7. The van der Waals surface area contributed by atoms with Crippen LogP contribution in [0, 0.1) is 6.92 Å². The largest absolute Gasteiger partial charge is 0.352 e. The molecule has 4 aromatic rings. The van der Waals surface area contributed by atoms with Gasteiger partial charge < -0.3 is 5.32 Å². The number of nitrogens with one attached hydrogen (secondary N) is 1. The van der Waals surface area contributed by atoms with Crippen LogP contribution in [0.25, 0.3) is 16.8 Å². The zero-order chi connectivity index (χ0) is 21.8. The van der Waals surface area contributed by atoms with Crippen LogP contribution in [0.4, 0.5) is 0 Å². The highest BCUT2D eigenvalue weighted by Crippen LogP contribution is 2.18. The van der Waals surface area contributed by atoms with E-state index in [0.29, 0.717) is 17.0 Å². The van der Waals surface area contributed by atoms with Crippen LogP contribution in [0.5, 0.6) is 0 Å². The number of carbonyl (C=O) groups excluding carboxylic acids is 1. The molecule has 1 N–H and O–H groups in total. The van der Waals surface area contributed by atoms with E-state index in [1.54, 1.807) is 13.0 Å². The summed E-state index contributed by atoms with van der Waals surface area (Å²) in [5.74, 6) is 0.309. The second-order valence-corrected chi connectivity index (χ2v) is 7.70. The van der Waals surface area contributed by atoms with Crippen LogP contribution < -0.4 is 10.9 Å². The molecule has 0 bridgehead atoms. The first kappa shape index (κ1) is 20.5. The molecule has 0 fully saturated rings. The van der Waals surface area contributed by atoms with Crippen LogP contribution in [0.3, 0.4) is 0 Å². The van der Waals surface area contributed by atoms with Crippen LogP contribution in [0.2, 0.25) is 0 Å². The van der Waals surface area contributed by atoms with Crippen LogP contribution in [-0.4, -0.2) is 31.3 Å². The summed E-state index contributed by atoms with van der Waals surface area (Å²) in [5.41, 5.74) is 2.90. The van der Waals surface area contributed by atoms with Gasteiger partial charge in [0.2, 0.25) is 5.91 Å². The Morgan fingerprint density at radius 1 is 1.03 bits per heavy atom. The fourth-order valence-corrected chi connectivity index (χ4v) is 3.59. The van der Waals surface area contributed by atoms with Gasteiger partial charge in [-0.05, 0) is 38.3 Å². The number of fused-ring (bicyclic) bond motifs is 1. The Labute approximate surface area is 180 Å². The van der Waals surface area contributed by atoms with Crippen molar-refractivity contribution in [1.29, 1.82) is 0 Å². The van der Waals surface area contributed by atoms with Crippen molar-refractivity contribution in [1.82, 2.24) is 24.7 Å². The van der Waals surface area contributed by atoms with Crippen molar-refractivity contribution in [2.24, 2.45) is 0 Å². The van der Waals surface area contributed by atoms with E-state index in [9.17, 15) is 9.59 Å². The number of benzene rings is 2. The molecule has 0 spiro atoms. The molecule has 158 valence electrons. The molecule has 2 aromatic heterocycles. The van der Waals surface area contributed by atoms with Crippen molar-refractivity contribution < 1.29 is 4.79 Å². The van der Waals surface area contributed by atoms with Gasteiger partial charge >= 0.3 is 0 Å². The first-order valence-corrected chi connectivity index (χ1v) is 10.4. The summed E-state index contributed by atoms with van der Waals surface area (Å²) in [4.78, 5) is 25.4. The van der Waals surface area contributed by atoms with Gasteiger partial charge in [0.1, 0.15) is 17.9 Å². The minimum Gasteiger partial charge on any atom is -0.352 e. The second-order valence-electron chi connectivity index (χ2n) is 7.70. The molecule has 2 heterocycles. The van der Waals surface area contributed by atoms with Crippen LogP contribution >= 0.6 is 0 Å². The summed E-state index contributed by atoms with van der Waals surface area (Å²) >= 11 is 0. The topological polar surface area (TPSA) is 81.3 Å². The van der Waals surface area contributed by atoms with Gasteiger partial charge in [-0.3, -0.25) is 9.59 Å². The lowest BCUT2D eigenvalue weighted by Crippen LogP contribution is -2.39. The molecule has 0 saturated heterocycles. The van der Waals surface area contributed by atoms with E-state index in [1.165, 1.54) is 14.8 Å². The summed E-state index contributed by atoms with van der Waals surface area (Å²) in [6.07, 6.45) is 1.70. The number of nitrogens with zero attached hydrogens (tertiary/aromatic N) is 4. The average Bonchev–Trinajstić information content (AvgIpc) is 3.24. The van der Waals surface area contributed by atoms with Crippen molar-refractivity contribution in [3.63, 3.8) is 0 Å². The Balaban J connectivity index is 1.47. The molecule has 7 heteroatoms. The molecular weight excluding hydrogens is 390 g/mol.